The van der Waals surface area contributed by atoms with E-state index in [1.807, 2.05) is 23.1 Å². The molecular formula is C33H54BNO4Si. The Morgan fingerprint density at radius 2 is 1.35 bits per heavy atom. The van der Waals surface area contributed by atoms with Gasteiger partial charge < -0.3 is 14.0 Å². The van der Waals surface area contributed by atoms with Crippen molar-refractivity contribution in [3.05, 3.63) is 30.3 Å². The van der Waals surface area contributed by atoms with Gasteiger partial charge in [0.2, 0.25) is 0 Å². The molecule has 2 aliphatic heterocycles. The van der Waals surface area contributed by atoms with Gasteiger partial charge in [0.15, 0.2) is 0 Å². The van der Waals surface area contributed by atoms with Crippen molar-refractivity contribution >= 4 is 26.5 Å². The summed E-state index contributed by atoms with van der Waals surface area (Å²) in [5.41, 5.74) is -2.36. The Morgan fingerprint density at radius 1 is 0.875 bits per heavy atom. The van der Waals surface area contributed by atoms with Crippen molar-refractivity contribution in [1.29, 1.82) is 0 Å². The Hall–Kier alpha value is -1.31. The summed E-state index contributed by atoms with van der Waals surface area (Å²) in [6, 6.07) is 10.2. The lowest BCUT2D eigenvalue weighted by atomic mass is 9.77. The van der Waals surface area contributed by atoms with Crippen molar-refractivity contribution in [2.45, 2.75) is 153 Å². The Balaban J connectivity index is 1.52. The fourth-order valence-electron chi connectivity index (χ4n) is 8.38. The van der Waals surface area contributed by atoms with Crippen LogP contribution in [-0.2, 0) is 14.0 Å². The van der Waals surface area contributed by atoms with E-state index in [9.17, 15) is 6.17 Å². The summed E-state index contributed by atoms with van der Waals surface area (Å²) >= 11 is 0. The van der Waals surface area contributed by atoms with Gasteiger partial charge in [-0.05, 0) is 84.5 Å². The monoisotopic (exact) mass is 568 g/mol. The fourth-order valence-corrected chi connectivity index (χ4v) is 10.8. The zero-order valence-corrected chi connectivity index (χ0v) is 27.0. The minimum atomic E-state index is -2.83. The molecule has 2 aliphatic carbocycles. The lowest BCUT2D eigenvalue weighted by Gasteiger charge is -2.52. The largest absolute Gasteiger partial charge is 0.498 e. The van der Waals surface area contributed by atoms with E-state index in [1.54, 1.807) is 0 Å². The van der Waals surface area contributed by atoms with E-state index in [-0.39, 0.29) is 23.3 Å². The normalized spacial score (nSPS) is 30.0. The molecule has 0 N–H and O–H groups in total. The van der Waals surface area contributed by atoms with Gasteiger partial charge in [-0.1, -0.05) is 87.1 Å². The van der Waals surface area contributed by atoms with Crippen LogP contribution >= 0.6 is 0 Å². The maximum Gasteiger partial charge on any atom is 0.498 e. The quantitative estimate of drug-likeness (QED) is 0.331. The Bertz CT molecular complexity index is 1000. The van der Waals surface area contributed by atoms with Gasteiger partial charge in [0.1, 0.15) is 13.7 Å². The first kappa shape index (κ1) is 28.8. The zero-order valence-electron chi connectivity index (χ0n) is 27.0. The van der Waals surface area contributed by atoms with Gasteiger partial charge in [-0.25, -0.2) is 4.79 Å². The van der Waals surface area contributed by atoms with E-state index in [2.05, 4.69) is 52.9 Å². The minimum Gasteiger partial charge on any atom is -0.452 e. The number of carbonyl (C=O) groups is 1. The third-order valence-electron chi connectivity index (χ3n) is 10.6. The number of hydrogen-bond acceptors (Lipinski definition) is 4. The van der Waals surface area contributed by atoms with Crippen molar-refractivity contribution in [3.8, 4) is 0 Å². The molecule has 0 bridgehead atoms. The summed E-state index contributed by atoms with van der Waals surface area (Å²) in [6.07, 6.45) is 14.6. The van der Waals surface area contributed by atoms with Gasteiger partial charge >= 0.3 is 13.2 Å². The smallest absolute Gasteiger partial charge is 0.452 e. The Morgan fingerprint density at radius 3 is 1.82 bits per heavy atom. The van der Waals surface area contributed by atoms with E-state index in [0.717, 1.165) is 50.1 Å². The molecule has 5 nitrogen and oxygen atoms in total. The second kappa shape index (κ2) is 12.1. The number of hydrogen-bond donors (Lipinski definition) is 0. The van der Waals surface area contributed by atoms with Crippen molar-refractivity contribution in [2.24, 2.45) is 11.8 Å². The van der Waals surface area contributed by atoms with Crippen LogP contribution in [0, 0.1) is 11.8 Å². The number of ether oxygens (including phenoxy) is 1. The summed E-state index contributed by atoms with van der Waals surface area (Å²) in [7, 11) is -3.73. The lowest BCUT2D eigenvalue weighted by Crippen LogP contribution is -2.66. The first-order valence-electron chi connectivity index (χ1n) is 16.8. The molecule has 7 heteroatoms. The molecule has 5 rings (SSSR count). The molecular weight excluding hydrogens is 513 g/mol. The van der Waals surface area contributed by atoms with Gasteiger partial charge in [-0.3, -0.25) is 4.90 Å². The SMILES string of the molecule is [2H][C@](OC(=O)N1C(C)(C)CCCC1(C)C)(B1O[C@H](C2CCCCC2)[C@@H](C2CCCCC2)O1)[Si](C)(C)c1ccccc1. The molecule has 0 aromatic heterocycles. The predicted molar refractivity (Wildman–Crippen MR) is 166 cm³/mol. The average Bonchev–Trinajstić information content (AvgIpc) is 3.39. The molecule has 1 aromatic rings. The van der Waals surface area contributed by atoms with Gasteiger partial charge in [0, 0.05) is 11.1 Å². The van der Waals surface area contributed by atoms with Crippen LogP contribution in [0.1, 0.15) is 113 Å². The third-order valence-corrected chi connectivity index (χ3v) is 14.0. The predicted octanol–water partition coefficient (Wildman–Crippen LogP) is 7.66. The first-order valence-corrected chi connectivity index (χ1v) is 19.3. The maximum atomic E-state index is 14.3. The number of carbonyl (C=O) groups excluding carboxylic acids is 1. The summed E-state index contributed by atoms with van der Waals surface area (Å²) in [5.74, 6) is 0.893. The Labute approximate surface area is 246 Å². The standard InChI is InChI=1S/C33H54BNO4Si/c1-32(2)23-16-24-33(3,4)35(32)31(36)37-30(40(5,6)27-21-14-9-15-22-27)34-38-28(25-17-10-7-11-18-25)29(39-34)26-19-12-8-13-20-26/h9,14-15,21-22,25-26,28-30H,7-8,10-13,16-20,23-24H2,1-6H3/t28-,29-,30-/m1/s1/i30D. The summed E-state index contributed by atoms with van der Waals surface area (Å²) in [4.78, 5) is 16.3. The highest BCUT2D eigenvalue weighted by atomic mass is 28.3. The maximum absolute atomic E-state index is 14.3. The molecule has 2 saturated heterocycles. The number of likely N-dealkylation sites (tertiary alicyclic amines) is 1. The van der Waals surface area contributed by atoms with Crippen molar-refractivity contribution in [3.63, 3.8) is 0 Å². The molecule has 1 amide bonds. The molecule has 2 heterocycles. The fraction of sp³-hybridized carbons (Fsp3) is 0.788. The van der Waals surface area contributed by atoms with E-state index in [1.165, 1.54) is 38.5 Å². The summed E-state index contributed by atoms with van der Waals surface area (Å²) in [6.45, 7) is 12.8. The summed E-state index contributed by atoms with van der Waals surface area (Å²) in [5, 5.41) is 1.07. The Kier molecular flexibility index (Phi) is 8.73. The molecule has 222 valence electrons. The van der Waals surface area contributed by atoms with Crippen molar-refractivity contribution < 1.29 is 20.2 Å². The topological polar surface area (TPSA) is 48.0 Å². The van der Waals surface area contributed by atoms with Gasteiger partial charge in [0.25, 0.3) is 0 Å². The van der Waals surface area contributed by atoms with Gasteiger partial charge in [-0.15, -0.1) is 0 Å². The van der Waals surface area contributed by atoms with E-state index in [0.29, 0.717) is 11.8 Å². The highest BCUT2D eigenvalue weighted by molar-refractivity contribution is 6.97. The highest BCUT2D eigenvalue weighted by Crippen LogP contribution is 2.43. The second-order valence-electron chi connectivity index (χ2n) is 14.9. The number of nitrogens with zero attached hydrogens (tertiary/aromatic N) is 1. The average molecular weight is 569 g/mol. The molecule has 0 spiro atoms. The van der Waals surface area contributed by atoms with Crippen LogP contribution in [0.25, 0.3) is 0 Å². The van der Waals surface area contributed by atoms with E-state index in [4.69, 9.17) is 14.0 Å². The molecule has 40 heavy (non-hydrogen) atoms. The zero-order chi connectivity index (χ0) is 29.5. The van der Waals surface area contributed by atoms with E-state index >= 15 is 0 Å². The van der Waals surface area contributed by atoms with Crippen molar-refractivity contribution in [2.75, 3.05) is 0 Å². The molecule has 1 aromatic carbocycles. The molecule has 4 fully saturated rings. The number of amides is 1. The highest BCUT2D eigenvalue weighted by Gasteiger charge is 2.57. The van der Waals surface area contributed by atoms with Crippen LogP contribution in [-0.4, -0.2) is 55.1 Å². The minimum absolute atomic E-state index is 0.0322. The van der Waals surface area contributed by atoms with Crippen LogP contribution < -0.4 is 5.19 Å². The second-order valence-corrected chi connectivity index (χ2v) is 19.2. The molecule has 4 aliphatic rings. The van der Waals surface area contributed by atoms with Crippen LogP contribution in [0.2, 0.25) is 13.1 Å². The molecule has 3 atom stereocenters. The molecule has 2 saturated carbocycles. The number of benzene rings is 1. The van der Waals surface area contributed by atoms with E-state index < -0.39 is 26.9 Å². The lowest BCUT2D eigenvalue weighted by molar-refractivity contribution is -0.0249. The van der Waals surface area contributed by atoms with Gasteiger partial charge in [0.05, 0.1) is 13.6 Å². The van der Waals surface area contributed by atoms with Crippen LogP contribution in [0.3, 0.4) is 0 Å². The van der Waals surface area contributed by atoms with Crippen LogP contribution in [0.5, 0.6) is 0 Å². The number of piperidine rings is 1. The van der Waals surface area contributed by atoms with Crippen molar-refractivity contribution in [1.82, 2.24) is 4.90 Å². The number of rotatable bonds is 6. The van der Waals surface area contributed by atoms with Crippen LogP contribution in [0.15, 0.2) is 30.3 Å². The third kappa shape index (κ3) is 6.22. The first-order chi connectivity index (χ1) is 19.4. The van der Waals surface area contributed by atoms with Crippen LogP contribution in [0.4, 0.5) is 4.79 Å². The molecule has 0 unspecified atom stereocenters. The molecule has 0 radical (unpaired) electrons. The summed E-state index contributed by atoms with van der Waals surface area (Å²) < 4.78 is 30.7. The van der Waals surface area contributed by atoms with Gasteiger partial charge in [-0.2, -0.15) is 0 Å².